The maximum atomic E-state index is 13.2. The maximum absolute atomic E-state index is 13.2. The van der Waals surface area contributed by atoms with E-state index in [9.17, 15) is 4.79 Å². The SMILES string of the molecule is Cc1ccc(C)c(-n2nc(-c3cccn3C)cc2C(=O)NC2CCCCC2)c1. The zero-order valence-electron chi connectivity index (χ0n) is 16.9. The second-order valence-electron chi connectivity index (χ2n) is 7.93. The highest BCUT2D eigenvalue weighted by atomic mass is 16.2. The summed E-state index contributed by atoms with van der Waals surface area (Å²) in [7, 11) is 1.99. The number of benzene rings is 1. The second-order valence-corrected chi connectivity index (χ2v) is 7.93. The maximum Gasteiger partial charge on any atom is 0.270 e. The van der Waals surface area contributed by atoms with Crippen molar-refractivity contribution >= 4 is 5.91 Å². The third kappa shape index (κ3) is 3.61. The molecular formula is C23H28N4O. The van der Waals surface area contributed by atoms with Crippen LogP contribution in [-0.4, -0.2) is 26.3 Å². The van der Waals surface area contributed by atoms with Gasteiger partial charge in [-0.3, -0.25) is 4.79 Å². The van der Waals surface area contributed by atoms with E-state index in [0.717, 1.165) is 41.0 Å². The molecule has 1 aliphatic carbocycles. The minimum Gasteiger partial charge on any atom is -0.349 e. The molecule has 0 radical (unpaired) electrons. The van der Waals surface area contributed by atoms with Crippen molar-refractivity contribution < 1.29 is 4.79 Å². The molecule has 1 aliphatic rings. The summed E-state index contributed by atoms with van der Waals surface area (Å²) in [5.74, 6) is -0.0410. The number of carbonyl (C=O) groups is 1. The number of nitrogens with one attached hydrogen (secondary N) is 1. The Balaban J connectivity index is 1.76. The van der Waals surface area contributed by atoms with Gasteiger partial charge in [0.2, 0.25) is 0 Å². The van der Waals surface area contributed by atoms with Gasteiger partial charge in [0, 0.05) is 19.3 Å². The summed E-state index contributed by atoms with van der Waals surface area (Å²) in [4.78, 5) is 13.2. The van der Waals surface area contributed by atoms with Crippen LogP contribution < -0.4 is 5.32 Å². The van der Waals surface area contributed by atoms with Crippen LogP contribution in [0.5, 0.6) is 0 Å². The van der Waals surface area contributed by atoms with Crippen LogP contribution >= 0.6 is 0 Å². The molecular weight excluding hydrogens is 348 g/mol. The molecule has 0 atom stereocenters. The highest BCUT2D eigenvalue weighted by Crippen LogP contribution is 2.25. The summed E-state index contributed by atoms with van der Waals surface area (Å²) < 4.78 is 3.83. The van der Waals surface area contributed by atoms with Crippen molar-refractivity contribution in [2.24, 2.45) is 7.05 Å². The number of rotatable bonds is 4. The molecule has 0 unspecified atom stereocenters. The van der Waals surface area contributed by atoms with Crippen LogP contribution in [0.1, 0.15) is 53.7 Å². The molecule has 0 spiro atoms. The van der Waals surface area contributed by atoms with E-state index in [2.05, 4.69) is 37.4 Å². The van der Waals surface area contributed by atoms with Crippen LogP contribution in [0.25, 0.3) is 17.1 Å². The monoisotopic (exact) mass is 376 g/mol. The average Bonchev–Trinajstić information content (AvgIpc) is 3.30. The second kappa shape index (κ2) is 7.66. The van der Waals surface area contributed by atoms with Crippen molar-refractivity contribution in [2.75, 3.05) is 0 Å². The van der Waals surface area contributed by atoms with Crippen LogP contribution in [0.15, 0.2) is 42.6 Å². The van der Waals surface area contributed by atoms with Gasteiger partial charge in [0.15, 0.2) is 0 Å². The van der Waals surface area contributed by atoms with E-state index < -0.39 is 0 Å². The van der Waals surface area contributed by atoms with E-state index in [1.54, 1.807) is 0 Å². The molecule has 4 rings (SSSR count). The quantitative estimate of drug-likeness (QED) is 0.726. The molecule has 1 aromatic carbocycles. The predicted molar refractivity (Wildman–Crippen MR) is 112 cm³/mol. The zero-order valence-corrected chi connectivity index (χ0v) is 16.9. The van der Waals surface area contributed by atoms with E-state index in [-0.39, 0.29) is 11.9 Å². The Morgan fingerprint density at radius 2 is 1.89 bits per heavy atom. The Hall–Kier alpha value is -2.82. The average molecular weight is 377 g/mol. The van der Waals surface area contributed by atoms with Crippen molar-refractivity contribution in [1.29, 1.82) is 0 Å². The molecule has 1 saturated carbocycles. The normalized spacial score (nSPS) is 15.0. The fourth-order valence-electron chi connectivity index (χ4n) is 4.03. The first-order valence-electron chi connectivity index (χ1n) is 10.1. The van der Waals surface area contributed by atoms with E-state index >= 15 is 0 Å². The van der Waals surface area contributed by atoms with Crippen LogP contribution in [0.3, 0.4) is 0 Å². The number of amides is 1. The van der Waals surface area contributed by atoms with Gasteiger partial charge < -0.3 is 9.88 Å². The van der Waals surface area contributed by atoms with Crippen LogP contribution in [0, 0.1) is 13.8 Å². The van der Waals surface area contributed by atoms with Crippen molar-refractivity contribution in [1.82, 2.24) is 19.7 Å². The molecule has 1 amide bonds. The molecule has 28 heavy (non-hydrogen) atoms. The smallest absolute Gasteiger partial charge is 0.270 e. The number of carbonyl (C=O) groups excluding carboxylic acids is 1. The molecule has 2 heterocycles. The molecule has 2 aromatic heterocycles. The lowest BCUT2D eigenvalue weighted by atomic mass is 9.95. The van der Waals surface area contributed by atoms with Gasteiger partial charge in [0.1, 0.15) is 11.4 Å². The van der Waals surface area contributed by atoms with Gasteiger partial charge in [-0.25, -0.2) is 4.68 Å². The minimum absolute atomic E-state index is 0.0410. The molecule has 5 nitrogen and oxygen atoms in total. The van der Waals surface area contributed by atoms with Gasteiger partial charge >= 0.3 is 0 Å². The molecule has 0 aliphatic heterocycles. The summed E-state index contributed by atoms with van der Waals surface area (Å²) in [5.41, 5.74) is 5.59. The van der Waals surface area contributed by atoms with Gasteiger partial charge in [-0.15, -0.1) is 0 Å². The number of nitrogens with zero attached hydrogens (tertiary/aromatic N) is 3. The summed E-state index contributed by atoms with van der Waals surface area (Å²) in [6.07, 6.45) is 7.77. The van der Waals surface area contributed by atoms with Crippen molar-refractivity contribution in [3.05, 3.63) is 59.4 Å². The first-order chi connectivity index (χ1) is 13.5. The third-order valence-electron chi connectivity index (χ3n) is 5.68. The highest BCUT2D eigenvalue weighted by Gasteiger charge is 2.23. The van der Waals surface area contributed by atoms with Gasteiger partial charge in [-0.05, 0) is 62.1 Å². The zero-order chi connectivity index (χ0) is 19.7. The van der Waals surface area contributed by atoms with E-state index in [1.807, 2.05) is 40.7 Å². The van der Waals surface area contributed by atoms with Crippen LogP contribution in [0.4, 0.5) is 0 Å². The number of hydrogen-bond acceptors (Lipinski definition) is 2. The molecule has 0 saturated heterocycles. The van der Waals surface area contributed by atoms with Crippen molar-refractivity contribution in [3.8, 4) is 17.1 Å². The Kier molecular flexibility index (Phi) is 5.07. The fraction of sp³-hybridized carbons (Fsp3) is 0.391. The number of aryl methyl sites for hydroxylation is 3. The number of hydrogen-bond donors (Lipinski definition) is 1. The molecule has 1 fully saturated rings. The summed E-state index contributed by atoms with van der Waals surface area (Å²) in [5, 5.41) is 8.08. The van der Waals surface area contributed by atoms with E-state index in [0.29, 0.717) is 5.69 Å². The Morgan fingerprint density at radius 1 is 1.11 bits per heavy atom. The summed E-state index contributed by atoms with van der Waals surface area (Å²) in [6, 6.07) is 12.5. The lowest BCUT2D eigenvalue weighted by Crippen LogP contribution is -2.37. The summed E-state index contributed by atoms with van der Waals surface area (Å²) in [6.45, 7) is 4.12. The third-order valence-corrected chi connectivity index (χ3v) is 5.68. The molecule has 1 N–H and O–H groups in total. The topological polar surface area (TPSA) is 51.9 Å². The van der Waals surface area contributed by atoms with E-state index in [4.69, 9.17) is 5.10 Å². The van der Waals surface area contributed by atoms with E-state index in [1.165, 1.54) is 19.3 Å². The van der Waals surface area contributed by atoms with Gasteiger partial charge in [-0.1, -0.05) is 31.4 Å². The van der Waals surface area contributed by atoms with Crippen molar-refractivity contribution in [2.45, 2.75) is 52.0 Å². The summed E-state index contributed by atoms with van der Waals surface area (Å²) >= 11 is 0. The largest absolute Gasteiger partial charge is 0.349 e. The lowest BCUT2D eigenvalue weighted by Gasteiger charge is -2.23. The lowest BCUT2D eigenvalue weighted by molar-refractivity contribution is 0.0920. The predicted octanol–water partition coefficient (Wildman–Crippen LogP) is 4.56. The minimum atomic E-state index is -0.0410. The van der Waals surface area contributed by atoms with Crippen LogP contribution in [0.2, 0.25) is 0 Å². The first-order valence-corrected chi connectivity index (χ1v) is 10.1. The fourth-order valence-corrected chi connectivity index (χ4v) is 4.03. The molecule has 146 valence electrons. The number of aromatic nitrogens is 3. The molecule has 0 bridgehead atoms. The Bertz CT molecular complexity index is 992. The Morgan fingerprint density at radius 3 is 2.61 bits per heavy atom. The highest BCUT2D eigenvalue weighted by molar-refractivity contribution is 5.94. The van der Waals surface area contributed by atoms with Crippen LogP contribution in [-0.2, 0) is 7.05 Å². The van der Waals surface area contributed by atoms with Gasteiger partial charge in [0.25, 0.3) is 5.91 Å². The molecule has 5 heteroatoms. The van der Waals surface area contributed by atoms with Gasteiger partial charge in [-0.2, -0.15) is 5.10 Å². The molecule has 3 aromatic rings. The first kappa shape index (κ1) is 18.5. The Labute approximate surface area is 166 Å². The standard InChI is InChI=1S/C23H28N4O/c1-16-11-12-17(2)21(14-16)27-22(23(28)24-18-8-5-4-6-9-18)15-19(25-27)20-10-7-13-26(20)3/h7,10-15,18H,4-6,8-9H2,1-3H3,(H,24,28). The van der Waals surface area contributed by atoms with Crippen molar-refractivity contribution in [3.63, 3.8) is 0 Å². The van der Waals surface area contributed by atoms with Gasteiger partial charge in [0.05, 0.1) is 11.4 Å².